The topological polar surface area (TPSA) is 65.3 Å². The number of ether oxygens (including phenoxy) is 1. The van der Waals surface area contributed by atoms with Gasteiger partial charge in [0.1, 0.15) is 17.4 Å². The largest absolute Gasteiger partial charge is 0.489 e. The first kappa shape index (κ1) is 16.5. The second-order valence-corrected chi connectivity index (χ2v) is 6.00. The van der Waals surface area contributed by atoms with Gasteiger partial charge in [0.15, 0.2) is 0 Å². The Morgan fingerprint density at radius 2 is 1.96 bits per heavy atom. The van der Waals surface area contributed by atoms with Crippen LogP contribution in [0.25, 0.3) is 10.9 Å². The van der Waals surface area contributed by atoms with Gasteiger partial charge in [-0.25, -0.2) is 0 Å². The number of nitrogens with zero attached hydrogens (tertiary/aromatic N) is 2. The van der Waals surface area contributed by atoms with Crippen LogP contribution in [0.15, 0.2) is 42.5 Å². The fraction of sp³-hybridized carbons (Fsp3) is 0.118. The predicted molar refractivity (Wildman–Crippen MR) is 93.9 cm³/mol. The molecule has 1 aromatic heterocycles. The number of hydrogen-bond donors (Lipinski definition) is 0. The van der Waals surface area contributed by atoms with E-state index in [0.717, 1.165) is 16.6 Å². The van der Waals surface area contributed by atoms with Crippen LogP contribution < -0.4 is 4.74 Å². The van der Waals surface area contributed by atoms with Crippen molar-refractivity contribution in [3.63, 3.8) is 0 Å². The van der Waals surface area contributed by atoms with Crippen LogP contribution in [0.4, 0.5) is 5.69 Å². The van der Waals surface area contributed by atoms with Gasteiger partial charge in [-0.1, -0.05) is 29.3 Å². The molecule has 0 aliphatic carbocycles. The lowest BCUT2D eigenvalue weighted by molar-refractivity contribution is -0.384. The zero-order chi connectivity index (χ0) is 17.3. The third-order valence-electron chi connectivity index (χ3n) is 3.55. The fourth-order valence-corrected chi connectivity index (χ4v) is 2.86. The third-order valence-corrected chi connectivity index (χ3v) is 4.32. The van der Waals surface area contributed by atoms with Gasteiger partial charge in [0, 0.05) is 27.7 Å². The van der Waals surface area contributed by atoms with Gasteiger partial charge in [0.05, 0.1) is 10.4 Å². The van der Waals surface area contributed by atoms with E-state index < -0.39 is 4.92 Å². The van der Waals surface area contributed by atoms with Crippen molar-refractivity contribution in [1.82, 2.24) is 4.98 Å². The van der Waals surface area contributed by atoms with Crippen molar-refractivity contribution < 1.29 is 9.66 Å². The van der Waals surface area contributed by atoms with Crippen molar-refractivity contribution >= 4 is 39.8 Å². The van der Waals surface area contributed by atoms with Crippen molar-refractivity contribution in [1.29, 1.82) is 0 Å². The van der Waals surface area contributed by atoms with Crippen molar-refractivity contribution in [2.75, 3.05) is 0 Å². The summed E-state index contributed by atoms with van der Waals surface area (Å²) in [6.45, 7) is 1.96. The molecule has 0 saturated carbocycles. The van der Waals surface area contributed by atoms with E-state index in [9.17, 15) is 10.1 Å². The van der Waals surface area contributed by atoms with E-state index in [1.165, 1.54) is 12.1 Å². The van der Waals surface area contributed by atoms with Crippen LogP contribution in [0.1, 0.15) is 11.3 Å². The van der Waals surface area contributed by atoms with E-state index in [0.29, 0.717) is 16.3 Å². The highest BCUT2D eigenvalue weighted by atomic mass is 35.5. The highest BCUT2D eigenvalue weighted by molar-refractivity contribution is 6.37. The quantitative estimate of drug-likeness (QED) is 0.464. The second-order valence-electron chi connectivity index (χ2n) is 5.21. The lowest BCUT2D eigenvalue weighted by atomic mass is 10.2. The molecule has 0 spiro atoms. The van der Waals surface area contributed by atoms with Gasteiger partial charge in [-0.05, 0) is 37.3 Å². The maximum absolute atomic E-state index is 11.0. The van der Waals surface area contributed by atoms with Crippen LogP contribution in [0, 0.1) is 17.0 Å². The van der Waals surface area contributed by atoms with Crippen molar-refractivity contribution in [3.8, 4) is 5.75 Å². The van der Waals surface area contributed by atoms with Crippen LogP contribution in [-0.2, 0) is 6.61 Å². The molecule has 0 saturated heterocycles. The highest BCUT2D eigenvalue weighted by Gasteiger charge is 2.19. The number of nitro groups is 1. The van der Waals surface area contributed by atoms with Crippen LogP contribution in [0.3, 0.4) is 0 Å². The first-order valence-electron chi connectivity index (χ1n) is 7.07. The Labute approximate surface area is 147 Å². The lowest BCUT2D eigenvalue weighted by Gasteiger charge is -2.10. The molecule has 1 heterocycles. The Morgan fingerprint density at radius 3 is 2.71 bits per heavy atom. The molecule has 3 aromatic rings. The van der Waals surface area contributed by atoms with Crippen LogP contribution in [-0.4, -0.2) is 9.91 Å². The molecular formula is C17H12Cl2N2O3. The summed E-state index contributed by atoms with van der Waals surface area (Å²) < 4.78 is 5.71. The third kappa shape index (κ3) is 3.27. The van der Waals surface area contributed by atoms with Gasteiger partial charge in [-0.2, -0.15) is 0 Å². The summed E-state index contributed by atoms with van der Waals surface area (Å²) in [4.78, 5) is 14.8. The van der Waals surface area contributed by atoms with E-state index >= 15 is 0 Å². The minimum Gasteiger partial charge on any atom is -0.489 e. The summed E-state index contributed by atoms with van der Waals surface area (Å²) in [6.07, 6.45) is 0. The Bertz CT molecular complexity index is 945. The fourth-order valence-electron chi connectivity index (χ4n) is 2.31. The Morgan fingerprint density at radius 1 is 1.17 bits per heavy atom. The first-order valence-corrected chi connectivity index (χ1v) is 7.83. The monoisotopic (exact) mass is 362 g/mol. The minimum atomic E-state index is -0.549. The average Bonchev–Trinajstić information content (AvgIpc) is 2.54. The standard InChI is InChI=1S/C17H12Cl2N2O3/c1-10-2-3-11-8-12(4-6-15(11)20-10)24-9-13-14(18)5-7-16(17(13)19)21(22)23/h2-8H,9H2,1H3. The number of aryl methyl sites for hydroxylation is 1. The van der Waals surface area contributed by atoms with E-state index in [2.05, 4.69) is 4.98 Å². The van der Waals surface area contributed by atoms with Gasteiger partial charge in [-0.3, -0.25) is 15.1 Å². The number of rotatable bonds is 4. The zero-order valence-corrected chi connectivity index (χ0v) is 14.1. The number of aromatic nitrogens is 1. The van der Waals surface area contributed by atoms with Gasteiger partial charge in [0.25, 0.3) is 5.69 Å². The molecule has 0 aliphatic rings. The van der Waals surface area contributed by atoms with E-state index in [1.807, 2.05) is 31.2 Å². The van der Waals surface area contributed by atoms with Gasteiger partial charge in [-0.15, -0.1) is 0 Å². The van der Waals surface area contributed by atoms with Gasteiger partial charge in [0.2, 0.25) is 0 Å². The normalized spacial score (nSPS) is 10.8. The molecular weight excluding hydrogens is 351 g/mol. The smallest absolute Gasteiger partial charge is 0.288 e. The van der Waals surface area contributed by atoms with Crippen molar-refractivity contribution in [2.24, 2.45) is 0 Å². The molecule has 0 bridgehead atoms. The molecule has 0 unspecified atom stereocenters. The molecule has 24 heavy (non-hydrogen) atoms. The summed E-state index contributed by atoms with van der Waals surface area (Å²) in [5.74, 6) is 0.604. The predicted octanol–water partition coefficient (Wildman–Crippen LogP) is 5.34. The number of pyridine rings is 1. The Balaban J connectivity index is 1.87. The molecule has 3 rings (SSSR count). The first-order chi connectivity index (χ1) is 11.5. The number of fused-ring (bicyclic) bond motifs is 1. The second kappa shape index (κ2) is 6.63. The van der Waals surface area contributed by atoms with E-state index in [1.54, 1.807) is 6.07 Å². The van der Waals surface area contributed by atoms with Crippen LogP contribution in [0.2, 0.25) is 10.0 Å². The molecule has 0 amide bonds. The van der Waals surface area contributed by atoms with Gasteiger partial charge >= 0.3 is 0 Å². The maximum atomic E-state index is 11.0. The lowest BCUT2D eigenvalue weighted by Crippen LogP contribution is -2.00. The van der Waals surface area contributed by atoms with Crippen LogP contribution >= 0.6 is 23.2 Å². The minimum absolute atomic E-state index is 0.00872. The summed E-state index contributed by atoms with van der Waals surface area (Å²) in [7, 11) is 0. The van der Waals surface area contributed by atoms with E-state index in [-0.39, 0.29) is 17.3 Å². The zero-order valence-electron chi connectivity index (χ0n) is 12.6. The molecule has 2 aromatic carbocycles. The summed E-state index contributed by atoms with van der Waals surface area (Å²) in [5.41, 5.74) is 1.99. The highest BCUT2D eigenvalue weighted by Crippen LogP contribution is 2.34. The van der Waals surface area contributed by atoms with Crippen LogP contribution in [0.5, 0.6) is 5.75 Å². The molecule has 7 heteroatoms. The Kier molecular flexibility index (Phi) is 4.55. The van der Waals surface area contributed by atoms with E-state index in [4.69, 9.17) is 27.9 Å². The SMILES string of the molecule is Cc1ccc2cc(OCc3c(Cl)ccc([N+](=O)[O-])c3Cl)ccc2n1. The van der Waals surface area contributed by atoms with Crippen molar-refractivity contribution in [2.45, 2.75) is 13.5 Å². The summed E-state index contributed by atoms with van der Waals surface area (Å²) in [5, 5.41) is 12.2. The molecule has 0 aliphatic heterocycles. The maximum Gasteiger partial charge on any atom is 0.288 e. The molecule has 0 N–H and O–H groups in total. The summed E-state index contributed by atoms with van der Waals surface area (Å²) in [6, 6.07) is 12.1. The van der Waals surface area contributed by atoms with Gasteiger partial charge < -0.3 is 4.74 Å². The number of halogens is 2. The number of hydrogen-bond acceptors (Lipinski definition) is 4. The van der Waals surface area contributed by atoms with Crippen molar-refractivity contribution in [3.05, 3.63) is 73.9 Å². The average molecular weight is 363 g/mol. The molecule has 0 radical (unpaired) electrons. The molecule has 0 fully saturated rings. The number of nitro benzene ring substituents is 1. The molecule has 0 atom stereocenters. The summed E-state index contributed by atoms with van der Waals surface area (Å²) >= 11 is 12.2. The molecule has 122 valence electrons. The number of benzene rings is 2. The molecule has 5 nitrogen and oxygen atoms in total. The Hall–Kier alpha value is -2.37.